The highest BCUT2D eigenvalue weighted by Gasteiger charge is 2.21. The van der Waals surface area contributed by atoms with E-state index in [9.17, 15) is 8.42 Å². The smallest absolute Gasteiger partial charge is 0.209 e. The summed E-state index contributed by atoms with van der Waals surface area (Å²) in [5.41, 5.74) is 0.473. The van der Waals surface area contributed by atoms with E-state index in [2.05, 4.69) is 20.0 Å². The van der Waals surface area contributed by atoms with Crippen molar-refractivity contribution < 1.29 is 8.42 Å². The molecule has 0 fully saturated rings. The predicted octanol–water partition coefficient (Wildman–Crippen LogP) is 0.136. The molecule has 3 N–H and O–H groups in total. The Morgan fingerprint density at radius 1 is 1.47 bits per heavy atom. The normalized spacial score (nSPS) is 12.9. The van der Waals surface area contributed by atoms with Gasteiger partial charge in [-0.3, -0.25) is 0 Å². The Morgan fingerprint density at radius 3 is 2.59 bits per heavy atom. The van der Waals surface area contributed by atoms with Crippen LogP contribution >= 0.6 is 0 Å². The minimum atomic E-state index is -3.18. The first-order chi connectivity index (χ1) is 7.68. The van der Waals surface area contributed by atoms with E-state index in [4.69, 9.17) is 0 Å². The molecule has 0 aliphatic heterocycles. The minimum absolute atomic E-state index is 0.511. The number of hydrogen-bond acceptors (Lipinski definition) is 4. The molecule has 0 bridgehead atoms. The average molecular weight is 260 g/mol. The van der Waals surface area contributed by atoms with Gasteiger partial charge in [-0.1, -0.05) is 0 Å². The summed E-state index contributed by atoms with van der Waals surface area (Å²) in [5, 5.41) is 3.18. The van der Waals surface area contributed by atoms with Crippen molar-refractivity contribution in [2.75, 3.05) is 12.8 Å². The van der Waals surface area contributed by atoms with Crippen LogP contribution in [0.25, 0.3) is 0 Å². The second-order valence-electron chi connectivity index (χ2n) is 4.86. The van der Waals surface area contributed by atoms with E-state index in [0.717, 1.165) is 17.8 Å². The summed E-state index contributed by atoms with van der Waals surface area (Å²) in [6.45, 7) is 6.73. The van der Waals surface area contributed by atoms with Crippen LogP contribution in [0.1, 0.15) is 25.4 Å². The Balaban J connectivity index is 2.40. The van der Waals surface area contributed by atoms with E-state index in [-0.39, 0.29) is 0 Å². The van der Waals surface area contributed by atoms with Crippen LogP contribution in [0.3, 0.4) is 0 Å². The first-order valence-electron chi connectivity index (χ1n) is 5.38. The number of imidazole rings is 1. The van der Waals surface area contributed by atoms with Gasteiger partial charge in [0.1, 0.15) is 5.82 Å². The van der Waals surface area contributed by atoms with E-state index in [1.807, 2.05) is 20.8 Å². The predicted molar refractivity (Wildman–Crippen MR) is 67.1 cm³/mol. The largest absolute Gasteiger partial charge is 0.345 e. The monoisotopic (exact) mass is 260 g/mol. The van der Waals surface area contributed by atoms with Gasteiger partial charge in [0, 0.05) is 30.5 Å². The maximum atomic E-state index is 11.1. The maximum absolute atomic E-state index is 11.1. The molecule has 7 heteroatoms. The average Bonchev–Trinajstić information content (AvgIpc) is 2.46. The number of aromatic amines is 1. The van der Waals surface area contributed by atoms with Crippen molar-refractivity contribution in [3.05, 3.63) is 17.7 Å². The van der Waals surface area contributed by atoms with Gasteiger partial charge in [-0.2, -0.15) is 0 Å². The van der Waals surface area contributed by atoms with Crippen LogP contribution in [0.4, 0.5) is 0 Å². The Kier molecular flexibility index (Phi) is 4.29. The molecule has 0 radical (unpaired) electrons. The van der Waals surface area contributed by atoms with Crippen LogP contribution in [0.15, 0.2) is 6.20 Å². The fourth-order valence-electron chi connectivity index (χ4n) is 1.61. The molecule has 1 rings (SSSR count). The van der Waals surface area contributed by atoms with Crippen molar-refractivity contribution in [2.45, 2.75) is 32.9 Å². The molecule has 1 aromatic rings. The summed E-state index contributed by atoms with van der Waals surface area (Å²) in [7, 11) is -3.18. The quantitative estimate of drug-likeness (QED) is 0.679. The van der Waals surface area contributed by atoms with Crippen LogP contribution in [0.5, 0.6) is 0 Å². The van der Waals surface area contributed by atoms with Gasteiger partial charge in [0.25, 0.3) is 0 Å². The SMILES string of the molecule is Cc1ncc(CNCC(C)(C)NS(C)(=O)=O)[nH]1. The standard InChI is InChI=1S/C10H20N4O2S/c1-8-12-6-9(13-8)5-11-7-10(2,3)14-17(4,15)16/h6,11,14H,5,7H2,1-4H3,(H,12,13). The second-order valence-corrected chi connectivity index (χ2v) is 6.60. The lowest BCUT2D eigenvalue weighted by Crippen LogP contribution is -2.49. The van der Waals surface area contributed by atoms with Crippen molar-refractivity contribution in [1.82, 2.24) is 20.0 Å². The summed E-state index contributed by atoms with van der Waals surface area (Å²) in [5.74, 6) is 0.871. The van der Waals surface area contributed by atoms with Crippen molar-refractivity contribution in [1.29, 1.82) is 0 Å². The molecule has 0 aliphatic rings. The summed E-state index contributed by atoms with van der Waals surface area (Å²) in [4.78, 5) is 7.18. The topological polar surface area (TPSA) is 86.9 Å². The Labute approximate surface area is 102 Å². The van der Waals surface area contributed by atoms with E-state index in [0.29, 0.717) is 13.1 Å². The highest BCUT2D eigenvalue weighted by Crippen LogP contribution is 2.03. The number of H-pyrrole nitrogens is 1. The third-order valence-corrected chi connectivity index (χ3v) is 3.02. The molecule has 0 amide bonds. The van der Waals surface area contributed by atoms with Crippen LogP contribution < -0.4 is 10.0 Å². The highest BCUT2D eigenvalue weighted by molar-refractivity contribution is 7.88. The number of aryl methyl sites for hydroxylation is 1. The Hall–Kier alpha value is -0.920. The van der Waals surface area contributed by atoms with Gasteiger partial charge in [0.05, 0.1) is 6.26 Å². The molecule has 1 aromatic heterocycles. The third-order valence-electron chi connectivity index (χ3n) is 2.10. The van der Waals surface area contributed by atoms with Crippen LogP contribution in [0.2, 0.25) is 0 Å². The molecule has 0 saturated heterocycles. The van der Waals surface area contributed by atoms with Gasteiger partial charge in [0.15, 0.2) is 0 Å². The first-order valence-corrected chi connectivity index (χ1v) is 7.27. The Morgan fingerprint density at radius 2 is 2.12 bits per heavy atom. The first kappa shape index (κ1) is 14.1. The zero-order valence-electron chi connectivity index (χ0n) is 10.7. The zero-order chi connectivity index (χ0) is 13.1. The number of nitrogens with zero attached hydrogens (tertiary/aromatic N) is 1. The molecule has 0 saturated carbocycles. The van der Waals surface area contributed by atoms with Gasteiger partial charge in [0.2, 0.25) is 10.0 Å². The fourth-order valence-corrected chi connectivity index (χ4v) is 2.69. The third kappa shape index (κ3) is 5.81. The van der Waals surface area contributed by atoms with Gasteiger partial charge in [-0.15, -0.1) is 0 Å². The Bertz CT molecular complexity index is 464. The summed E-state index contributed by atoms with van der Waals surface area (Å²) >= 11 is 0. The molecule has 0 aromatic carbocycles. The lowest BCUT2D eigenvalue weighted by Gasteiger charge is -2.25. The van der Waals surface area contributed by atoms with Crippen molar-refractivity contribution in [2.24, 2.45) is 0 Å². The van der Waals surface area contributed by atoms with E-state index in [1.54, 1.807) is 6.20 Å². The molecule has 0 spiro atoms. The van der Waals surface area contributed by atoms with Crippen LogP contribution in [-0.2, 0) is 16.6 Å². The van der Waals surface area contributed by atoms with Gasteiger partial charge >= 0.3 is 0 Å². The highest BCUT2D eigenvalue weighted by atomic mass is 32.2. The van der Waals surface area contributed by atoms with Crippen molar-refractivity contribution in [3.8, 4) is 0 Å². The molecule has 6 nitrogen and oxygen atoms in total. The summed E-state index contributed by atoms with van der Waals surface area (Å²) in [6.07, 6.45) is 2.92. The second kappa shape index (κ2) is 5.16. The van der Waals surface area contributed by atoms with Gasteiger partial charge in [-0.25, -0.2) is 18.1 Å². The molecule has 17 heavy (non-hydrogen) atoms. The molecule has 0 aliphatic carbocycles. The molecular weight excluding hydrogens is 240 g/mol. The van der Waals surface area contributed by atoms with Gasteiger partial charge < -0.3 is 10.3 Å². The van der Waals surface area contributed by atoms with Crippen molar-refractivity contribution in [3.63, 3.8) is 0 Å². The molecule has 0 atom stereocenters. The number of nitrogens with one attached hydrogen (secondary N) is 3. The lowest BCUT2D eigenvalue weighted by atomic mass is 10.1. The molecular formula is C10H20N4O2S. The van der Waals surface area contributed by atoms with Crippen LogP contribution in [0, 0.1) is 6.92 Å². The van der Waals surface area contributed by atoms with Crippen LogP contribution in [-0.4, -0.2) is 36.7 Å². The maximum Gasteiger partial charge on any atom is 0.209 e. The number of aromatic nitrogens is 2. The number of hydrogen-bond donors (Lipinski definition) is 3. The lowest BCUT2D eigenvalue weighted by molar-refractivity contribution is 0.420. The number of rotatable bonds is 6. The van der Waals surface area contributed by atoms with E-state index in [1.165, 1.54) is 0 Å². The van der Waals surface area contributed by atoms with Gasteiger partial charge in [-0.05, 0) is 20.8 Å². The molecule has 98 valence electrons. The fraction of sp³-hybridized carbons (Fsp3) is 0.700. The van der Waals surface area contributed by atoms with E-state index >= 15 is 0 Å². The minimum Gasteiger partial charge on any atom is -0.345 e. The summed E-state index contributed by atoms with van der Waals surface area (Å²) < 4.78 is 24.8. The number of sulfonamides is 1. The molecule has 0 unspecified atom stereocenters. The van der Waals surface area contributed by atoms with Crippen molar-refractivity contribution >= 4 is 10.0 Å². The molecule has 1 heterocycles. The zero-order valence-corrected chi connectivity index (χ0v) is 11.5. The van der Waals surface area contributed by atoms with E-state index < -0.39 is 15.6 Å². The summed E-state index contributed by atoms with van der Waals surface area (Å²) in [6, 6.07) is 0.